The van der Waals surface area contributed by atoms with Gasteiger partial charge in [-0.1, -0.05) is 17.7 Å². The highest BCUT2D eigenvalue weighted by molar-refractivity contribution is 7.09. The number of hydrogen-bond acceptors (Lipinski definition) is 4. The van der Waals surface area contributed by atoms with Crippen molar-refractivity contribution in [1.82, 2.24) is 9.88 Å². The first kappa shape index (κ1) is 16.9. The van der Waals surface area contributed by atoms with Crippen molar-refractivity contribution in [1.29, 1.82) is 0 Å². The van der Waals surface area contributed by atoms with Crippen molar-refractivity contribution in [2.45, 2.75) is 19.4 Å². The lowest BCUT2D eigenvalue weighted by Crippen LogP contribution is -2.33. The summed E-state index contributed by atoms with van der Waals surface area (Å²) in [6.07, 6.45) is 0.656. The molecule has 1 aromatic carbocycles. The van der Waals surface area contributed by atoms with Crippen LogP contribution in [0.1, 0.15) is 22.2 Å². The van der Waals surface area contributed by atoms with Crippen molar-refractivity contribution in [2.24, 2.45) is 0 Å². The van der Waals surface area contributed by atoms with Crippen LogP contribution in [0.25, 0.3) is 0 Å². The molecule has 0 aliphatic heterocycles. The van der Waals surface area contributed by atoms with Gasteiger partial charge in [0.25, 0.3) is 0 Å². The Morgan fingerprint density at radius 1 is 1.55 bits per heavy atom. The summed E-state index contributed by atoms with van der Waals surface area (Å²) >= 11 is 7.53. The summed E-state index contributed by atoms with van der Waals surface area (Å²) in [7, 11) is 1.65. The number of aromatic nitrogens is 1. The van der Waals surface area contributed by atoms with Gasteiger partial charge >= 0.3 is 5.97 Å². The van der Waals surface area contributed by atoms with Crippen LogP contribution in [0.3, 0.4) is 0 Å². The highest BCUT2D eigenvalue weighted by Gasteiger charge is 2.29. The van der Waals surface area contributed by atoms with Crippen molar-refractivity contribution in [2.75, 3.05) is 13.6 Å². The van der Waals surface area contributed by atoms with Gasteiger partial charge in [-0.05, 0) is 32.5 Å². The van der Waals surface area contributed by atoms with Crippen LogP contribution >= 0.6 is 22.9 Å². The van der Waals surface area contributed by atoms with Gasteiger partial charge in [0, 0.05) is 22.0 Å². The number of likely N-dealkylation sites (N-methyl/N-ethyl adjacent to an activating group) is 1. The maximum absolute atomic E-state index is 14.0. The summed E-state index contributed by atoms with van der Waals surface area (Å²) in [4.78, 5) is 18.4. The van der Waals surface area contributed by atoms with Crippen molar-refractivity contribution < 1.29 is 14.3 Å². The van der Waals surface area contributed by atoms with E-state index in [-0.39, 0.29) is 10.6 Å². The van der Waals surface area contributed by atoms with Crippen LogP contribution in [-0.4, -0.2) is 34.6 Å². The Hall–Kier alpha value is -1.50. The molecule has 0 saturated carbocycles. The van der Waals surface area contributed by atoms with Crippen LogP contribution in [-0.2, 0) is 11.2 Å². The number of aliphatic carboxylic acids is 1. The van der Waals surface area contributed by atoms with Crippen molar-refractivity contribution >= 4 is 28.9 Å². The molecule has 4 nitrogen and oxygen atoms in total. The van der Waals surface area contributed by atoms with E-state index in [1.807, 2.05) is 6.92 Å². The maximum atomic E-state index is 14.0. The van der Waals surface area contributed by atoms with Crippen LogP contribution in [0.15, 0.2) is 23.7 Å². The van der Waals surface area contributed by atoms with E-state index in [0.717, 1.165) is 10.6 Å². The number of aryl methyl sites for hydroxylation is 1. The van der Waals surface area contributed by atoms with Gasteiger partial charge < -0.3 is 5.11 Å². The Balaban J connectivity index is 2.21. The second-order valence-electron chi connectivity index (χ2n) is 4.97. The SMILES string of the molecule is Cc1ncsc1CCN(C)C(C(=O)O)c1c(F)cccc1Cl. The Morgan fingerprint density at radius 2 is 2.27 bits per heavy atom. The Morgan fingerprint density at radius 3 is 2.82 bits per heavy atom. The topological polar surface area (TPSA) is 53.4 Å². The fraction of sp³-hybridized carbons (Fsp3) is 0.333. The van der Waals surface area contributed by atoms with Crippen LogP contribution in [0, 0.1) is 12.7 Å². The second kappa shape index (κ2) is 7.17. The maximum Gasteiger partial charge on any atom is 0.325 e. The average molecular weight is 343 g/mol. The molecule has 0 spiro atoms. The molecule has 0 aliphatic rings. The van der Waals surface area contributed by atoms with Gasteiger partial charge in [-0.2, -0.15) is 0 Å². The summed E-state index contributed by atoms with van der Waals surface area (Å²) < 4.78 is 14.0. The summed E-state index contributed by atoms with van der Waals surface area (Å²) in [5.41, 5.74) is 2.70. The third kappa shape index (κ3) is 3.63. The van der Waals surface area contributed by atoms with Crippen molar-refractivity contribution in [3.05, 3.63) is 50.7 Å². The predicted octanol–water partition coefficient (Wildman–Crippen LogP) is 3.54. The normalized spacial score (nSPS) is 12.6. The number of hydrogen-bond donors (Lipinski definition) is 1. The molecule has 0 saturated heterocycles. The van der Waals surface area contributed by atoms with E-state index in [0.29, 0.717) is 13.0 Å². The zero-order valence-corrected chi connectivity index (χ0v) is 13.8. The molecule has 1 atom stereocenters. The Kier molecular flexibility index (Phi) is 5.50. The molecule has 1 heterocycles. The molecule has 1 aromatic heterocycles. The number of nitrogens with zero attached hydrogens (tertiary/aromatic N) is 2. The van der Waals surface area contributed by atoms with Gasteiger partial charge in [0.1, 0.15) is 11.9 Å². The lowest BCUT2D eigenvalue weighted by atomic mass is 10.0. The first-order valence-electron chi connectivity index (χ1n) is 6.67. The third-order valence-electron chi connectivity index (χ3n) is 3.48. The largest absolute Gasteiger partial charge is 0.480 e. The van der Waals surface area contributed by atoms with Crippen molar-refractivity contribution in [3.8, 4) is 0 Å². The Labute approximate surface area is 137 Å². The Bertz CT molecular complexity index is 657. The third-order valence-corrected chi connectivity index (χ3v) is 4.81. The summed E-state index contributed by atoms with van der Waals surface area (Å²) in [6, 6.07) is 3.05. The van der Waals surface area contributed by atoms with Gasteiger partial charge in [-0.15, -0.1) is 11.3 Å². The van der Waals surface area contributed by atoms with E-state index < -0.39 is 17.8 Å². The molecule has 0 aliphatic carbocycles. The first-order valence-corrected chi connectivity index (χ1v) is 7.93. The zero-order chi connectivity index (χ0) is 16.3. The minimum absolute atomic E-state index is 0.000179. The summed E-state index contributed by atoms with van der Waals surface area (Å²) in [5, 5.41) is 9.60. The van der Waals surface area contributed by atoms with Crippen LogP contribution < -0.4 is 0 Å². The van der Waals surface area contributed by atoms with Crippen LogP contribution in [0.5, 0.6) is 0 Å². The lowest BCUT2D eigenvalue weighted by Gasteiger charge is -2.25. The number of benzene rings is 1. The lowest BCUT2D eigenvalue weighted by molar-refractivity contribution is -0.143. The molecule has 2 aromatic rings. The van der Waals surface area contributed by atoms with E-state index in [1.54, 1.807) is 17.5 Å². The summed E-state index contributed by atoms with van der Waals surface area (Å²) in [6.45, 7) is 2.37. The average Bonchev–Trinajstić information content (AvgIpc) is 2.85. The molecular weight excluding hydrogens is 327 g/mol. The van der Waals surface area contributed by atoms with E-state index in [9.17, 15) is 14.3 Å². The van der Waals surface area contributed by atoms with Gasteiger partial charge in [0.15, 0.2) is 0 Å². The smallest absolute Gasteiger partial charge is 0.325 e. The highest BCUT2D eigenvalue weighted by atomic mass is 35.5. The number of carboxylic acid groups (broad SMARTS) is 1. The van der Waals surface area contributed by atoms with Crippen LogP contribution in [0.2, 0.25) is 5.02 Å². The number of carbonyl (C=O) groups is 1. The number of thiazole rings is 1. The molecule has 0 fully saturated rings. The van der Waals surface area contributed by atoms with Gasteiger partial charge in [0.05, 0.1) is 11.2 Å². The number of carboxylic acids is 1. The second-order valence-corrected chi connectivity index (χ2v) is 6.31. The fourth-order valence-corrected chi connectivity index (χ4v) is 3.31. The minimum atomic E-state index is -1.13. The number of halogens is 2. The van der Waals surface area contributed by atoms with Crippen LogP contribution in [0.4, 0.5) is 4.39 Å². The molecule has 0 bridgehead atoms. The van der Waals surface area contributed by atoms with E-state index in [2.05, 4.69) is 4.98 Å². The standard InChI is InChI=1S/C15H16ClFN2O2S/c1-9-12(22-8-18-9)6-7-19(2)14(15(20)21)13-10(16)4-3-5-11(13)17/h3-5,8,14H,6-7H2,1-2H3,(H,20,21). The molecule has 118 valence electrons. The molecule has 2 rings (SSSR count). The molecule has 1 unspecified atom stereocenters. The molecule has 7 heteroatoms. The van der Waals surface area contributed by atoms with E-state index in [4.69, 9.17) is 11.6 Å². The fourth-order valence-electron chi connectivity index (χ4n) is 2.28. The molecule has 0 radical (unpaired) electrons. The monoisotopic (exact) mass is 342 g/mol. The van der Waals surface area contributed by atoms with E-state index >= 15 is 0 Å². The first-order chi connectivity index (χ1) is 10.4. The van der Waals surface area contributed by atoms with E-state index in [1.165, 1.54) is 29.5 Å². The van der Waals surface area contributed by atoms with Gasteiger partial charge in [0.2, 0.25) is 0 Å². The van der Waals surface area contributed by atoms with Gasteiger partial charge in [-0.3, -0.25) is 9.69 Å². The molecule has 0 amide bonds. The zero-order valence-electron chi connectivity index (χ0n) is 12.2. The molecule has 1 N–H and O–H groups in total. The quantitative estimate of drug-likeness (QED) is 0.872. The number of rotatable bonds is 6. The van der Waals surface area contributed by atoms with Crippen molar-refractivity contribution in [3.63, 3.8) is 0 Å². The molecule has 22 heavy (non-hydrogen) atoms. The van der Waals surface area contributed by atoms with Gasteiger partial charge in [-0.25, -0.2) is 9.37 Å². The highest BCUT2D eigenvalue weighted by Crippen LogP contribution is 2.30. The summed E-state index contributed by atoms with van der Waals surface area (Å²) in [5.74, 6) is -1.74. The molecular formula is C15H16ClFN2O2S. The predicted molar refractivity (Wildman–Crippen MR) is 85.0 cm³/mol. The minimum Gasteiger partial charge on any atom is -0.480 e.